The highest BCUT2D eigenvalue weighted by Crippen LogP contribution is 2.25. The van der Waals surface area contributed by atoms with Crippen molar-refractivity contribution in [1.29, 1.82) is 0 Å². The molecule has 3 rings (SSSR count). The Morgan fingerprint density at radius 1 is 1.10 bits per heavy atom. The molecule has 7 heteroatoms. The molecule has 1 aliphatic heterocycles. The third kappa shape index (κ3) is 2.77. The molecule has 0 radical (unpaired) electrons. The Morgan fingerprint density at radius 2 is 1.95 bits per heavy atom. The summed E-state index contributed by atoms with van der Waals surface area (Å²) in [6, 6.07) is 7.02. The minimum absolute atomic E-state index is 0.341. The zero-order valence-corrected chi connectivity index (χ0v) is 12.5. The van der Waals surface area contributed by atoms with Gasteiger partial charge in [0.25, 0.3) is 0 Å². The van der Waals surface area contributed by atoms with Crippen LogP contribution in [0.3, 0.4) is 0 Å². The van der Waals surface area contributed by atoms with Crippen LogP contribution in [0.4, 0.5) is 0 Å². The molecule has 0 spiro atoms. The van der Waals surface area contributed by atoms with Crippen molar-refractivity contribution < 1.29 is 8.42 Å². The van der Waals surface area contributed by atoms with E-state index in [0.29, 0.717) is 36.5 Å². The molecule has 2 N–H and O–H groups in total. The maximum absolute atomic E-state index is 12.9. The number of hydrogen-bond acceptors (Lipinski definition) is 5. The largest absolute Gasteiger partial charge is 0.269 e. The number of aromatic nitrogens is 1. The van der Waals surface area contributed by atoms with Crippen LogP contribution in [0.1, 0.15) is 6.42 Å². The van der Waals surface area contributed by atoms with Gasteiger partial charge in [-0.25, -0.2) is 13.4 Å². The average molecular weight is 306 g/mol. The van der Waals surface area contributed by atoms with Crippen molar-refractivity contribution in [3.63, 3.8) is 0 Å². The number of pyridine rings is 1. The number of nitrogens with two attached hydrogens (primary N) is 1. The molecule has 0 unspecified atom stereocenters. The van der Waals surface area contributed by atoms with E-state index in [1.807, 2.05) is 6.07 Å². The fourth-order valence-corrected chi connectivity index (χ4v) is 4.29. The highest BCUT2D eigenvalue weighted by Gasteiger charge is 2.27. The molecule has 1 fully saturated rings. The van der Waals surface area contributed by atoms with Crippen LogP contribution in [-0.4, -0.2) is 48.9 Å². The van der Waals surface area contributed by atoms with Gasteiger partial charge in [-0.15, -0.1) is 0 Å². The van der Waals surface area contributed by atoms with E-state index in [1.165, 1.54) is 4.31 Å². The van der Waals surface area contributed by atoms with Crippen molar-refractivity contribution in [1.82, 2.24) is 14.3 Å². The highest BCUT2D eigenvalue weighted by atomic mass is 32.2. The van der Waals surface area contributed by atoms with Crippen molar-refractivity contribution in [3.8, 4) is 0 Å². The smallest absolute Gasteiger partial charge is 0.243 e. The molecule has 21 heavy (non-hydrogen) atoms. The van der Waals surface area contributed by atoms with Gasteiger partial charge in [0.15, 0.2) is 0 Å². The quantitative estimate of drug-likeness (QED) is 0.830. The van der Waals surface area contributed by atoms with Gasteiger partial charge in [-0.2, -0.15) is 4.31 Å². The minimum Gasteiger partial charge on any atom is -0.269 e. The first-order valence-corrected chi connectivity index (χ1v) is 8.35. The second-order valence-corrected chi connectivity index (χ2v) is 7.05. The molecular weight excluding hydrogens is 288 g/mol. The fourth-order valence-electron chi connectivity index (χ4n) is 2.61. The van der Waals surface area contributed by atoms with Crippen molar-refractivity contribution >= 4 is 20.8 Å². The predicted octanol–water partition coefficient (Wildman–Crippen LogP) is 0.805. The van der Waals surface area contributed by atoms with E-state index in [4.69, 9.17) is 5.84 Å². The van der Waals surface area contributed by atoms with Crippen LogP contribution in [0.25, 0.3) is 10.8 Å². The molecule has 1 aromatic carbocycles. The summed E-state index contributed by atoms with van der Waals surface area (Å²) in [4.78, 5) is 4.38. The Morgan fingerprint density at radius 3 is 2.81 bits per heavy atom. The van der Waals surface area contributed by atoms with Gasteiger partial charge in [-0.05, 0) is 18.6 Å². The maximum atomic E-state index is 12.9. The minimum atomic E-state index is -3.51. The summed E-state index contributed by atoms with van der Waals surface area (Å²) in [6.07, 6.45) is 4.03. The molecule has 0 saturated carbocycles. The van der Waals surface area contributed by atoms with Gasteiger partial charge in [0.1, 0.15) is 0 Å². The third-order valence-electron chi connectivity index (χ3n) is 3.75. The molecule has 2 aromatic rings. The summed E-state index contributed by atoms with van der Waals surface area (Å²) in [7, 11) is -3.51. The van der Waals surface area contributed by atoms with Crippen molar-refractivity contribution in [2.24, 2.45) is 5.84 Å². The standard InChI is InChI=1S/C14H18N4O2S/c15-17-7-2-8-18(10-9-17)21(19,20)14-4-1-3-12-11-16-6-5-13(12)14/h1,3-6,11H,2,7-10,15H2. The number of sulfonamides is 1. The first-order chi connectivity index (χ1) is 10.1. The van der Waals surface area contributed by atoms with E-state index in [2.05, 4.69) is 4.98 Å². The van der Waals surface area contributed by atoms with Crippen molar-refractivity contribution in [2.45, 2.75) is 11.3 Å². The lowest BCUT2D eigenvalue weighted by atomic mass is 10.2. The lowest BCUT2D eigenvalue weighted by molar-refractivity contribution is 0.297. The van der Waals surface area contributed by atoms with Crippen LogP contribution in [0, 0.1) is 0 Å². The lowest BCUT2D eigenvalue weighted by Gasteiger charge is -2.21. The van der Waals surface area contributed by atoms with Gasteiger partial charge >= 0.3 is 0 Å². The van der Waals surface area contributed by atoms with Crippen molar-refractivity contribution in [3.05, 3.63) is 36.7 Å². The summed E-state index contributed by atoms with van der Waals surface area (Å²) < 4.78 is 27.3. The summed E-state index contributed by atoms with van der Waals surface area (Å²) in [5.41, 5.74) is 0. The number of hydrazine groups is 1. The van der Waals surface area contributed by atoms with Gasteiger partial charge in [0, 0.05) is 49.3 Å². The summed E-state index contributed by atoms with van der Waals surface area (Å²) in [5, 5.41) is 3.21. The van der Waals surface area contributed by atoms with E-state index in [9.17, 15) is 8.42 Å². The van der Waals surface area contributed by atoms with Gasteiger partial charge < -0.3 is 0 Å². The van der Waals surface area contributed by atoms with E-state index >= 15 is 0 Å². The molecular formula is C14H18N4O2S. The van der Waals surface area contributed by atoms with E-state index in [1.54, 1.807) is 35.6 Å². The molecule has 1 aliphatic rings. The van der Waals surface area contributed by atoms with Crippen LogP contribution in [0.2, 0.25) is 0 Å². The molecule has 2 heterocycles. The number of benzene rings is 1. The first kappa shape index (κ1) is 14.4. The molecule has 1 saturated heterocycles. The third-order valence-corrected chi connectivity index (χ3v) is 5.70. The summed E-state index contributed by atoms with van der Waals surface area (Å²) in [6.45, 7) is 2.18. The lowest BCUT2D eigenvalue weighted by Crippen LogP contribution is -2.37. The molecule has 112 valence electrons. The molecule has 0 bridgehead atoms. The average Bonchev–Trinajstić information content (AvgIpc) is 2.72. The predicted molar refractivity (Wildman–Crippen MR) is 80.9 cm³/mol. The topological polar surface area (TPSA) is 79.5 Å². The Bertz CT molecular complexity index is 742. The number of fused-ring (bicyclic) bond motifs is 1. The molecule has 0 aliphatic carbocycles. The van der Waals surface area contributed by atoms with Gasteiger partial charge in [0.05, 0.1) is 4.90 Å². The van der Waals surface area contributed by atoms with E-state index < -0.39 is 10.0 Å². The van der Waals surface area contributed by atoms with Crippen LogP contribution >= 0.6 is 0 Å². The van der Waals surface area contributed by atoms with E-state index in [0.717, 1.165) is 11.8 Å². The van der Waals surface area contributed by atoms with Gasteiger partial charge in [-0.1, -0.05) is 12.1 Å². The first-order valence-electron chi connectivity index (χ1n) is 6.91. The zero-order chi connectivity index (χ0) is 14.9. The van der Waals surface area contributed by atoms with Crippen LogP contribution in [-0.2, 0) is 10.0 Å². The van der Waals surface area contributed by atoms with E-state index in [-0.39, 0.29) is 0 Å². The molecule has 1 aromatic heterocycles. The van der Waals surface area contributed by atoms with Gasteiger partial charge in [-0.3, -0.25) is 10.8 Å². The number of rotatable bonds is 2. The zero-order valence-electron chi connectivity index (χ0n) is 11.6. The second kappa shape index (κ2) is 5.69. The fraction of sp³-hybridized carbons (Fsp3) is 0.357. The monoisotopic (exact) mass is 306 g/mol. The molecule has 0 amide bonds. The Labute approximate surface area is 124 Å². The molecule has 6 nitrogen and oxygen atoms in total. The number of hydrogen-bond donors (Lipinski definition) is 1. The van der Waals surface area contributed by atoms with Gasteiger partial charge in [0.2, 0.25) is 10.0 Å². The second-order valence-electron chi connectivity index (χ2n) is 5.15. The Hall–Kier alpha value is -1.54. The summed E-state index contributed by atoms with van der Waals surface area (Å²) >= 11 is 0. The van der Waals surface area contributed by atoms with Crippen molar-refractivity contribution in [2.75, 3.05) is 26.2 Å². The summed E-state index contributed by atoms with van der Waals surface area (Å²) in [5.74, 6) is 5.77. The number of nitrogens with zero attached hydrogens (tertiary/aromatic N) is 3. The van der Waals surface area contributed by atoms with Crippen LogP contribution in [0.15, 0.2) is 41.6 Å². The Balaban J connectivity index is 2.04. The highest BCUT2D eigenvalue weighted by molar-refractivity contribution is 7.89. The molecule has 0 atom stereocenters. The Kier molecular flexibility index (Phi) is 3.90. The maximum Gasteiger partial charge on any atom is 0.243 e. The normalized spacial score (nSPS) is 18.7. The SMILES string of the molecule is NN1CCCN(S(=O)(=O)c2cccc3cnccc23)CC1. The van der Waals surface area contributed by atoms with Crippen LogP contribution in [0.5, 0.6) is 0 Å². The van der Waals surface area contributed by atoms with Crippen LogP contribution < -0.4 is 5.84 Å².